The van der Waals surface area contributed by atoms with Crippen LogP contribution in [0.5, 0.6) is 0 Å². The molecule has 1 unspecified atom stereocenters. The lowest BCUT2D eigenvalue weighted by molar-refractivity contribution is 0.374. The molecule has 1 fully saturated rings. The molecule has 0 spiro atoms. The summed E-state index contributed by atoms with van der Waals surface area (Å²) < 4.78 is 0. The van der Waals surface area contributed by atoms with E-state index in [9.17, 15) is 0 Å². The molecule has 2 aromatic rings. The van der Waals surface area contributed by atoms with E-state index in [-0.39, 0.29) is 0 Å². The molecule has 1 N–H and O–H groups in total. The number of hydrogen-bond donors (Lipinski definition) is 1. The van der Waals surface area contributed by atoms with E-state index < -0.39 is 0 Å². The monoisotopic (exact) mass is 315 g/mol. The van der Waals surface area contributed by atoms with Crippen molar-refractivity contribution in [1.82, 2.24) is 10.3 Å². The summed E-state index contributed by atoms with van der Waals surface area (Å²) in [6, 6.07) is 9.70. The highest BCUT2D eigenvalue weighted by atomic mass is 32.1. The minimum absolute atomic E-state index is 0.545. The van der Waals surface area contributed by atoms with Gasteiger partial charge in [0.1, 0.15) is 5.82 Å². The number of anilines is 1. The van der Waals surface area contributed by atoms with Crippen molar-refractivity contribution in [3.63, 3.8) is 0 Å². The lowest BCUT2D eigenvalue weighted by Crippen LogP contribution is -2.46. The molecule has 118 valence electrons. The van der Waals surface area contributed by atoms with Gasteiger partial charge in [-0.05, 0) is 67.6 Å². The number of nitrogens with one attached hydrogen (secondary N) is 1. The van der Waals surface area contributed by atoms with Crippen molar-refractivity contribution in [1.29, 1.82) is 0 Å². The summed E-state index contributed by atoms with van der Waals surface area (Å²) >= 11 is 1.79. The Balaban J connectivity index is 1.47. The SMILES string of the molecule is Cc1cccc(N2CCC(NC(C)Cc3ccsc3)CC2)n1. The second-order valence-electron chi connectivity index (χ2n) is 6.30. The molecule has 0 radical (unpaired) electrons. The van der Waals surface area contributed by atoms with Gasteiger partial charge in [-0.1, -0.05) is 6.07 Å². The van der Waals surface area contributed by atoms with Gasteiger partial charge in [0.05, 0.1) is 0 Å². The minimum atomic E-state index is 0.545. The van der Waals surface area contributed by atoms with Crippen LogP contribution in [0.3, 0.4) is 0 Å². The molecule has 1 aliphatic heterocycles. The van der Waals surface area contributed by atoms with E-state index in [0.29, 0.717) is 12.1 Å². The molecule has 4 heteroatoms. The van der Waals surface area contributed by atoms with Crippen molar-refractivity contribution in [3.05, 3.63) is 46.3 Å². The second kappa shape index (κ2) is 7.25. The highest BCUT2D eigenvalue weighted by Crippen LogP contribution is 2.19. The van der Waals surface area contributed by atoms with E-state index >= 15 is 0 Å². The molecule has 3 heterocycles. The number of nitrogens with zero attached hydrogens (tertiary/aromatic N) is 2. The van der Waals surface area contributed by atoms with Crippen LogP contribution in [0.4, 0.5) is 5.82 Å². The Morgan fingerprint density at radius 1 is 1.32 bits per heavy atom. The van der Waals surface area contributed by atoms with E-state index in [4.69, 9.17) is 0 Å². The fourth-order valence-electron chi connectivity index (χ4n) is 3.20. The van der Waals surface area contributed by atoms with Crippen LogP contribution in [0, 0.1) is 6.92 Å². The highest BCUT2D eigenvalue weighted by Gasteiger charge is 2.21. The van der Waals surface area contributed by atoms with E-state index in [0.717, 1.165) is 31.0 Å². The number of aryl methyl sites for hydroxylation is 1. The molecule has 3 rings (SSSR count). The van der Waals surface area contributed by atoms with Crippen molar-refractivity contribution in [2.24, 2.45) is 0 Å². The van der Waals surface area contributed by atoms with Crippen LogP contribution in [-0.4, -0.2) is 30.2 Å². The summed E-state index contributed by atoms with van der Waals surface area (Å²) in [5.74, 6) is 1.13. The second-order valence-corrected chi connectivity index (χ2v) is 7.08. The first-order chi connectivity index (χ1) is 10.7. The smallest absolute Gasteiger partial charge is 0.128 e. The Morgan fingerprint density at radius 3 is 2.82 bits per heavy atom. The predicted octanol–water partition coefficient (Wildman–Crippen LogP) is 3.64. The molecule has 1 saturated heterocycles. The van der Waals surface area contributed by atoms with Crippen LogP contribution in [0.15, 0.2) is 35.0 Å². The van der Waals surface area contributed by atoms with Gasteiger partial charge < -0.3 is 10.2 Å². The number of aromatic nitrogens is 1. The van der Waals surface area contributed by atoms with Crippen molar-refractivity contribution >= 4 is 17.2 Å². The Labute approximate surface area is 137 Å². The van der Waals surface area contributed by atoms with E-state index in [1.165, 1.54) is 18.4 Å². The zero-order chi connectivity index (χ0) is 15.4. The molecule has 3 nitrogen and oxygen atoms in total. The zero-order valence-electron chi connectivity index (χ0n) is 13.5. The van der Waals surface area contributed by atoms with Gasteiger partial charge in [0.25, 0.3) is 0 Å². The van der Waals surface area contributed by atoms with Crippen molar-refractivity contribution in [2.75, 3.05) is 18.0 Å². The predicted molar refractivity (Wildman–Crippen MR) is 94.8 cm³/mol. The maximum atomic E-state index is 4.64. The van der Waals surface area contributed by atoms with Crippen LogP contribution in [0.25, 0.3) is 0 Å². The first-order valence-electron chi connectivity index (χ1n) is 8.16. The maximum Gasteiger partial charge on any atom is 0.128 e. The summed E-state index contributed by atoms with van der Waals surface area (Å²) in [5, 5.41) is 8.21. The average Bonchev–Trinajstić information content (AvgIpc) is 3.01. The largest absolute Gasteiger partial charge is 0.356 e. The summed E-state index contributed by atoms with van der Waals surface area (Å²) in [4.78, 5) is 7.05. The molecule has 0 amide bonds. The van der Waals surface area contributed by atoms with Gasteiger partial charge in [0.15, 0.2) is 0 Å². The number of pyridine rings is 1. The summed E-state index contributed by atoms with van der Waals surface area (Å²) in [5.41, 5.74) is 2.55. The topological polar surface area (TPSA) is 28.2 Å². The van der Waals surface area contributed by atoms with Crippen molar-refractivity contribution in [3.8, 4) is 0 Å². The molecule has 0 saturated carbocycles. The van der Waals surface area contributed by atoms with E-state index in [1.54, 1.807) is 11.3 Å². The number of hydrogen-bond acceptors (Lipinski definition) is 4. The number of piperidine rings is 1. The molecule has 0 aromatic carbocycles. The molecule has 0 aliphatic carbocycles. The van der Waals surface area contributed by atoms with Gasteiger partial charge in [-0.2, -0.15) is 11.3 Å². The van der Waals surface area contributed by atoms with E-state index in [1.807, 2.05) is 0 Å². The van der Waals surface area contributed by atoms with Crippen molar-refractivity contribution in [2.45, 2.75) is 45.2 Å². The molecular formula is C18H25N3S. The third-order valence-electron chi connectivity index (χ3n) is 4.33. The fraction of sp³-hybridized carbons (Fsp3) is 0.500. The third kappa shape index (κ3) is 4.08. The fourth-order valence-corrected chi connectivity index (χ4v) is 3.89. The van der Waals surface area contributed by atoms with E-state index in [2.05, 4.69) is 64.1 Å². The summed E-state index contributed by atoms with van der Waals surface area (Å²) in [7, 11) is 0. The van der Waals surface area contributed by atoms with Gasteiger partial charge in [-0.15, -0.1) is 0 Å². The maximum absolute atomic E-state index is 4.64. The number of thiophene rings is 1. The highest BCUT2D eigenvalue weighted by molar-refractivity contribution is 7.07. The number of rotatable bonds is 5. The standard InChI is InChI=1S/C18H25N3S/c1-14-4-3-5-18(20-14)21-9-6-17(7-10-21)19-15(2)12-16-8-11-22-13-16/h3-5,8,11,13,15,17,19H,6-7,9-10,12H2,1-2H3. The summed E-state index contributed by atoms with van der Waals surface area (Å²) in [6.07, 6.45) is 3.52. The Kier molecular flexibility index (Phi) is 5.11. The van der Waals surface area contributed by atoms with Gasteiger partial charge >= 0.3 is 0 Å². The average molecular weight is 315 g/mol. The molecule has 0 bridgehead atoms. The zero-order valence-corrected chi connectivity index (χ0v) is 14.3. The van der Waals surface area contributed by atoms with Gasteiger partial charge in [-0.25, -0.2) is 4.98 Å². The Hall–Kier alpha value is -1.39. The molecule has 22 heavy (non-hydrogen) atoms. The van der Waals surface area contributed by atoms with Gasteiger partial charge in [0, 0.05) is 30.9 Å². The Bertz CT molecular complexity index is 574. The first kappa shape index (κ1) is 15.5. The molecule has 1 aliphatic rings. The molecule has 2 aromatic heterocycles. The Morgan fingerprint density at radius 2 is 2.14 bits per heavy atom. The van der Waals surface area contributed by atoms with Crippen LogP contribution in [-0.2, 0) is 6.42 Å². The third-order valence-corrected chi connectivity index (χ3v) is 5.07. The van der Waals surface area contributed by atoms with Crippen LogP contribution < -0.4 is 10.2 Å². The quantitative estimate of drug-likeness (QED) is 0.913. The lowest BCUT2D eigenvalue weighted by atomic mass is 10.0. The normalized spacial score (nSPS) is 17.6. The molecular weight excluding hydrogens is 290 g/mol. The van der Waals surface area contributed by atoms with Gasteiger partial charge in [-0.3, -0.25) is 0 Å². The van der Waals surface area contributed by atoms with Crippen LogP contribution in [0.1, 0.15) is 31.0 Å². The van der Waals surface area contributed by atoms with Crippen molar-refractivity contribution < 1.29 is 0 Å². The minimum Gasteiger partial charge on any atom is -0.356 e. The summed E-state index contributed by atoms with van der Waals surface area (Å²) in [6.45, 7) is 6.55. The molecule has 1 atom stereocenters. The van der Waals surface area contributed by atoms with Crippen LogP contribution in [0.2, 0.25) is 0 Å². The van der Waals surface area contributed by atoms with Crippen LogP contribution >= 0.6 is 11.3 Å². The lowest BCUT2D eigenvalue weighted by Gasteiger charge is -2.34. The van der Waals surface area contributed by atoms with Gasteiger partial charge in [0.2, 0.25) is 0 Å². The first-order valence-corrected chi connectivity index (χ1v) is 9.11.